The van der Waals surface area contributed by atoms with Gasteiger partial charge in [-0.05, 0) is 28.1 Å². The summed E-state index contributed by atoms with van der Waals surface area (Å²) < 4.78 is 8.15. The minimum atomic E-state index is -0.381. The van der Waals surface area contributed by atoms with E-state index in [-0.39, 0.29) is 11.8 Å². The SMILES string of the molecule is COc1ccccc1-c1cc2c(c(Br)cn2C)c2c1C(=O)NC2=O. The zero-order valence-electron chi connectivity index (χ0n) is 13.0. The normalized spacial score (nSPS) is 13.3. The van der Waals surface area contributed by atoms with Crippen molar-refractivity contribution in [2.75, 3.05) is 7.11 Å². The molecule has 2 heterocycles. The molecule has 1 aliphatic rings. The number of hydrogen-bond acceptors (Lipinski definition) is 3. The van der Waals surface area contributed by atoms with E-state index in [2.05, 4.69) is 21.2 Å². The highest BCUT2D eigenvalue weighted by atomic mass is 79.9. The van der Waals surface area contributed by atoms with Gasteiger partial charge in [0.15, 0.2) is 0 Å². The summed E-state index contributed by atoms with van der Waals surface area (Å²) in [7, 11) is 3.49. The number of fused-ring (bicyclic) bond motifs is 3. The molecule has 0 saturated heterocycles. The van der Waals surface area contributed by atoms with Crippen LogP contribution >= 0.6 is 15.9 Å². The lowest BCUT2D eigenvalue weighted by molar-refractivity contribution is 0.0880. The smallest absolute Gasteiger partial charge is 0.259 e. The molecule has 4 rings (SSSR count). The van der Waals surface area contributed by atoms with E-state index in [1.807, 2.05) is 48.1 Å². The van der Waals surface area contributed by atoms with Crippen molar-refractivity contribution in [3.8, 4) is 16.9 Å². The minimum Gasteiger partial charge on any atom is -0.496 e. The van der Waals surface area contributed by atoms with Crippen LogP contribution in [0.4, 0.5) is 0 Å². The first-order valence-electron chi connectivity index (χ1n) is 7.33. The molecule has 1 N–H and O–H groups in total. The van der Waals surface area contributed by atoms with E-state index in [1.54, 1.807) is 7.11 Å². The third kappa shape index (κ3) is 1.93. The summed E-state index contributed by atoms with van der Waals surface area (Å²) in [6.07, 6.45) is 1.88. The molecule has 24 heavy (non-hydrogen) atoms. The summed E-state index contributed by atoms with van der Waals surface area (Å²) in [6, 6.07) is 9.39. The van der Waals surface area contributed by atoms with Crippen LogP contribution in [0.1, 0.15) is 20.7 Å². The molecule has 2 aromatic carbocycles. The van der Waals surface area contributed by atoms with E-state index in [0.717, 1.165) is 20.9 Å². The van der Waals surface area contributed by atoms with Crippen molar-refractivity contribution in [1.29, 1.82) is 0 Å². The summed E-state index contributed by atoms with van der Waals surface area (Å²) in [4.78, 5) is 24.8. The van der Waals surface area contributed by atoms with Gasteiger partial charge >= 0.3 is 0 Å². The molecule has 0 unspecified atom stereocenters. The summed E-state index contributed by atoms with van der Waals surface area (Å²) in [5.74, 6) is -0.100. The molecule has 0 atom stereocenters. The van der Waals surface area contributed by atoms with Gasteiger partial charge in [0.1, 0.15) is 5.75 Å². The number of ether oxygens (including phenoxy) is 1. The second-order valence-corrected chi connectivity index (χ2v) is 6.49. The molecule has 5 nitrogen and oxygen atoms in total. The molecule has 0 bridgehead atoms. The largest absolute Gasteiger partial charge is 0.496 e. The van der Waals surface area contributed by atoms with Gasteiger partial charge in [-0.25, -0.2) is 0 Å². The summed E-state index contributed by atoms with van der Waals surface area (Å²) >= 11 is 3.49. The summed E-state index contributed by atoms with van der Waals surface area (Å²) in [6.45, 7) is 0. The molecule has 1 aromatic heterocycles. The molecule has 0 radical (unpaired) electrons. The van der Waals surface area contributed by atoms with Gasteiger partial charge in [-0.3, -0.25) is 14.9 Å². The Morgan fingerprint density at radius 3 is 2.54 bits per heavy atom. The fourth-order valence-electron chi connectivity index (χ4n) is 3.26. The zero-order chi connectivity index (χ0) is 17.0. The lowest BCUT2D eigenvalue weighted by Gasteiger charge is -2.12. The van der Waals surface area contributed by atoms with Gasteiger partial charge < -0.3 is 9.30 Å². The molecule has 2 amide bonds. The highest BCUT2D eigenvalue weighted by Gasteiger charge is 2.34. The topological polar surface area (TPSA) is 60.3 Å². The van der Waals surface area contributed by atoms with Gasteiger partial charge in [0, 0.05) is 34.2 Å². The molecular formula is C18H13BrN2O3. The standard InChI is InChI=1S/C18H13BrN2O3/c1-21-8-11(19)15-12(21)7-10(9-5-3-4-6-13(9)24-2)14-16(15)18(23)20-17(14)22/h3-8H,1-2H3,(H,20,22,23). The number of para-hydroxylation sites is 1. The molecular weight excluding hydrogens is 372 g/mol. The van der Waals surface area contributed by atoms with Gasteiger partial charge in [-0.1, -0.05) is 18.2 Å². The maximum Gasteiger partial charge on any atom is 0.259 e. The number of imide groups is 1. The average Bonchev–Trinajstić information content (AvgIpc) is 3.03. The molecule has 0 aliphatic carbocycles. The Morgan fingerprint density at radius 1 is 1.08 bits per heavy atom. The Bertz CT molecular complexity index is 1040. The highest BCUT2D eigenvalue weighted by molar-refractivity contribution is 9.10. The van der Waals surface area contributed by atoms with Crippen LogP contribution in [0.2, 0.25) is 0 Å². The Balaban J connectivity index is 2.18. The highest BCUT2D eigenvalue weighted by Crippen LogP contribution is 2.41. The van der Waals surface area contributed by atoms with Crippen LogP contribution in [0.5, 0.6) is 5.75 Å². The number of aromatic nitrogens is 1. The van der Waals surface area contributed by atoms with E-state index >= 15 is 0 Å². The Labute approximate surface area is 146 Å². The molecule has 0 saturated carbocycles. The predicted molar refractivity (Wildman–Crippen MR) is 94.4 cm³/mol. The van der Waals surface area contributed by atoms with Crippen LogP contribution in [-0.4, -0.2) is 23.5 Å². The summed E-state index contributed by atoms with van der Waals surface area (Å²) in [5.41, 5.74) is 3.13. The van der Waals surface area contributed by atoms with Gasteiger partial charge in [0.05, 0.1) is 23.8 Å². The lowest BCUT2D eigenvalue weighted by Crippen LogP contribution is -2.20. The minimum absolute atomic E-state index is 0.372. The van der Waals surface area contributed by atoms with E-state index in [0.29, 0.717) is 22.4 Å². The fourth-order valence-corrected chi connectivity index (χ4v) is 3.97. The maximum atomic E-state index is 12.4. The number of nitrogens with one attached hydrogen (secondary N) is 1. The number of methoxy groups -OCH3 is 1. The third-order valence-corrected chi connectivity index (χ3v) is 4.91. The van der Waals surface area contributed by atoms with E-state index in [1.165, 1.54) is 0 Å². The van der Waals surface area contributed by atoms with Crippen LogP contribution in [-0.2, 0) is 7.05 Å². The van der Waals surface area contributed by atoms with E-state index < -0.39 is 0 Å². The first-order valence-corrected chi connectivity index (χ1v) is 8.12. The average molecular weight is 385 g/mol. The fraction of sp³-hybridized carbons (Fsp3) is 0.111. The number of nitrogens with zero attached hydrogens (tertiary/aromatic N) is 1. The number of aryl methyl sites for hydroxylation is 1. The molecule has 0 fully saturated rings. The number of halogens is 1. The number of carbonyl (C=O) groups excluding carboxylic acids is 2. The van der Waals surface area contributed by atoms with Gasteiger partial charge in [-0.2, -0.15) is 0 Å². The molecule has 3 aromatic rings. The number of hydrogen-bond donors (Lipinski definition) is 1. The Morgan fingerprint density at radius 2 is 1.79 bits per heavy atom. The maximum absolute atomic E-state index is 12.4. The molecule has 120 valence electrons. The van der Waals surface area contributed by atoms with Gasteiger partial charge in [-0.15, -0.1) is 0 Å². The van der Waals surface area contributed by atoms with Crippen molar-refractivity contribution >= 4 is 38.6 Å². The number of rotatable bonds is 2. The number of carbonyl (C=O) groups is 2. The van der Waals surface area contributed by atoms with Crippen LogP contribution in [0, 0.1) is 0 Å². The van der Waals surface area contributed by atoms with E-state index in [9.17, 15) is 9.59 Å². The van der Waals surface area contributed by atoms with E-state index in [4.69, 9.17) is 4.74 Å². The third-order valence-electron chi connectivity index (χ3n) is 4.31. The number of amides is 2. The van der Waals surface area contributed by atoms with Crippen molar-refractivity contribution in [2.24, 2.45) is 7.05 Å². The lowest BCUT2D eigenvalue weighted by atomic mass is 9.93. The second-order valence-electron chi connectivity index (χ2n) is 5.64. The molecule has 1 aliphatic heterocycles. The van der Waals surface area contributed by atoms with Crippen molar-refractivity contribution in [2.45, 2.75) is 0 Å². The second kappa shape index (κ2) is 5.21. The predicted octanol–water partition coefficient (Wildman–Crippen LogP) is 3.50. The van der Waals surface area contributed by atoms with Crippen molar-refractivity contribution in [3.63, 3.8) is 0 Å². The van der Waals surface area contributed by atoms with Crippen molar-refractivity contribution < 1.29 is 14.3 Å². The van der Waals surface area contributed by atoms with Crippen molar-refractivity contribution in [1.82, 2.24) is 9.88 Å². The zero-order valence-corrected chi connectivity index (χ0v) is 14.6. The molecule has 6 heteroatoms. The Kier molecular flexibility index (Phi) is 3.25. The van der Waals surface area contributed by atoms with Crippen LogP contribution in [0.3, 0.4) is 0 Å². The van der Waals surface area contributed by atoms with Gasteiger partial charge in [0.25, 0.3) is 11.8 Å². The first kappa shape index (κ1) is 15.0. The number of benzene rings is 2. The van der Waals surface area contributed by atoms with Crippen LogP contribution < -0.4 is 10.1 Å². The monoisotopic (exact) mass is 384 g/mol. The van der Waals surface area contributed by atoms with Gasteiger partial charge in [0.2, 0.25) is 0 Å². The quantitative estimate of drug-likeness (QED) is 0.687. The Hall–Kier alpha value is -2.60. The summed E-state index contributed by atoms with van der Waals surface area (Å²) in [5, 5.41) is 3.15. The van der Waals surface area contributed by atoms with Crippen LogP contribution in [0.15, 0.2) is 41.0 Å². The first-order chi connectivity index (χ1) is 11.5. The van der Waals surface area contributed by atoms with Crippen molar-refractivity contribution in [3.05, 3.63) is 52.1 Å². The van der Waals surface area contributed by atoms with Crippen LogP contribution in [0.25, 0.3) is 22.0 Å². The molecule has 0 spiro atoms.